The molecule has 1 aliphatic heterocycles. The minimum Gasteiger partial charge on any atom is -0.493 e. The third-order valence-electron chi connectivity index (χ3n) is 5.34. The standard InChI is InChI=1S/C26H23ClN2O4/c1-16(30)23-24(18-11-7-4-8-12-18)28-26(31)29-25(23)19-13-21(32-2)22(14-20(19)27)33-15-17-9-5-3-6-10-17/h3-14,25H,15H2,1-2H3,(H2,28,29,31)/t25-/m1/s1. The van der Waals surface area contributed by atoms with Crippen molar-refractivity contribution in [2.24, 2.45) is 0 Å². The highest BCUT2D eigenvalue weighted by Crippen LogP contribution is 2.40. The minimum atomic E-state index is -0.754. The van der Waals surface area contributed by atoms with Crippen molar-refractivity contribution in [2.45, 2.75) is 19.6 Å². The van der Waals surface area contributed by atoms with E-state index in [2.05, 4.69) is 10.6 Å². The number of Topliss-reactive ketones (excluding diaryl/α,β-unsaturated/α-hetero) is 1. The molecule has 2 amide bonds. The predicted molar refractivity (Wildman–Crippen MR) is 127 cm³/mol. The fraction of sp³-hybridized carbons (Fsp3) is 0.154. The molecule has 1 aliphatic rings. The van der Waals surface area contributed by atoms with Gasteiger partial charge in [-0.25, -0.2) is 4.79 Å². The van der Waals surface area contributed by atoms with E-state index >= 15 is 0 Å². The number of hydrogen-bond donors (Lipinski definition) is 2. The number of ether oxygens (including phenoxy) is 2. The van der Waals surface area contributed by atoms with E-state index in [4.69, 9.17) is 21.1 Å². The first-order valence-corrected chi connectivity index (χ1v) is 10.8. The van der Waals surface area contributed by atoms with Crippen molar-refractivity contribution in [3.63, 3.8) is 0 Å². The van der Waals surface area contributed by atoms with Gasteiger partial charge in [0.15, 0.2) is 17.3 Å². The summed E-state index contributed by atoms with van der Waals surface area (Å²) in [6, 6.07) is 21.1. The molecular weight excluding hydrogens is 440 g/mol. The van der Waals surface area contributed by atoms with Crippen LogP contribution < -0.4 is 20.1 Å². The molecule has 1 heterocycles. The lowest BCUT2D eigenvalue weighted by Gasteiger charge is -2.30. The molecule has 0 bridgehead atoms. The van der Waals surface area contributed by atoms with Crippen LogP contribution in [0.3, 0.4) is 0 Å². The first-order valence-electron chi connectivity index (χ1n) is 10.4. The largest absolute Gasteiger partial charge is 0.493 e. The molecule has 0 radical (unpaired) electrons. The Morgan fingerprint density at radius 2 is 1.67 bits per heavy atom. The lowest BCUT2D eigenvalue weighted by molar-refractivity contribution is -0.113. The van der Waals surface area contributed by atoms with Gasteiger partial charge in [-0.1, -0.05) is 72.3 Å². The highest BCUT2D eigenvalue weighted by atomic mass is 35.5. The van der Waals surface area contributed by atoms with Crippen LogP contribution >= 0.6 is 11.6 Å². The molecule has 7 heteroatoms. The monoisotopic (exact) mass is 462 g/mol. The van der Waals surface area contributed by atoms with Crippen LogP contribution in [0.4, 0.5) is 4.79 Å². The van der Waals surface area contributed by atoms with Crippen LogP contribution in [0.15, 0.2) is 78.4 Å². The Hall–Kier alpha value is -3.77. The summed E-state index contributed by atoms with van der Waals surface area (Å²) < 4.78 is 11.5. The quantitative estimate of drug-likeness (QED) is 0.500. The Labute approximate surface area is 197 Å². The first kappa shape index (κ1) is 22.4. The molecule has 6 nitrogen and oxygen atoms in total. The molecule has 0 spiro atoms. The maximum absolute atomic E-state index is 12.7. The second-order valence-corrected chi connectivity index (χ2v) is 7.95. The number of rotatable bonds is 7. The molecule has 0 saturated carbocycles. The zero-order valence-electron chi connectivity index (χ0n) is 18.2. The molecule has 3 aromatic carbocycles. The number of nitrogens with one attached hydrogen (secondary N) is 2. The average Bonchev–Trinajstić information content (AvgIpc) is 2.83. The Kier molecular flexibility index (Phi) is 6.66. The SMILES string of the molecule is COc1cc([C@H]2NC(=O)NC(c3ccccc3)=C2C(C)=O)c(Cl)cc1OCc1ccccc1. The third kappa shape index (κ3) is 4.86. The molecule has 3 aromatic rings. The zero-order valence-corrected chi connectivity index (χ0v) is 19.0. The van der Waals surface area contributed by atoms with Crippen molar-refractivity contribution in [1.82, 2.24) is 10.6 Å². The van der Waals surface area contributed by atoms with Crippen LogP contribution in [0, 0.1) is 0 Å². The van der Waals surface area contributed by atoms with Gasteiger partial charge in [0.25, 0.3) is 0 Å². The van der Waals surface area contributed by atoms with Gasteiger partial charge in [-0.05, 0) is 24.1 Å². The second kappa shape index (κ2) is 9.79. The lowest BCUT2D eigenvalue weighted by Crippen LogP contribution is -2.44. The summed E-state index contributed by atoms with van der Waals surface area (Å²) in [6.45, 7) is 1.81. The van der Waals surface area contributed by atoms with Gasteiger partial charge in [0.1, 0.15) is 6.61 Å². The van der Waals surface area contributed by atoms with Crippen molar-refractivity contribution in [3.05, 3.63) is 100 Å². The molecule has 168 valence electrons. The van der Waals surface area contributed by atoms with E-state index < -0.39 is 12.1 Å². The van der Waals surface area contributed by atoms with Crippen LogP contribution in [0.1, 0.15) is 29.7 Å². The molecule has 4 rings (SSSR count). The van der Waals surface area contributed by atoms with E-state index in [0.29, 0.717) is 40.0 Å². The summed E-state index contributed by atoms with van der Waals surface area (Å²) in [5, 5.41) is 5.94. The average molecular weight is 463 g/mol. The lowest BCUT2D eigenvalue weighted by atomic mass is 9.90. The third-order valence-corrected chi connectivity index (χ3v) is 5.67. The summed E-state index contributed by atoms with van der Waals surface area (Å²) in [4.78, 5) is 25.2. The second-order valence-electron chi connectivity index (χ2n) is 7.54. The van der Waals surface area contributed by atoms with Crippen molar-refractivity contribution in [2.75, 3.05) is 7.11 Å². The van der Waals surface area contributed by atoms with E-state index in [1.54, 1.807) is 12.1 Å². The maximum atomic E-state index is 12.7. The van der Waals surface area contributed by atoms with Crippen molar-refractivity contribution in [3.8, 4) is 11.5 Å². The predicted octanol–water partition coefficient (Wildman–Crippen LogP) is 5.28. The number of hydrogen-bond acceptors (Lipinski definition) is 4. The topological polar surface area (TPSA) is 76.7 Å². The molecule has 0 aromatic heterocycles. The minimum absolute atomic E-state index is 0.189. The summed E-state index contributed by atoms with van der Waals surface area (Å²) in [6.07, 6.45) is 0. The highest BCUT2D eigenvalue weighted by molar-refractivity contribution is 6.31. The van der Waals surface area contributed by atoms with Crippen molar-refractivity contribution < 1.29 is 19.1 Å². The van der Waals surface area contributed by atoms with Gasteiger partial charge in [-0.3, -0.25) is 4.79 Å². The van der Waals surface area contributed by atoms with E-state index in [1.165, 1.54) is 14.0 Å². The van der Waals surface area contributed by atoms with Gasteiger partial charge in [-0.15, -0.1) is 0 Å². The van der Waals surface area contributed by atoms with Crippen LogP contribution in [-0.2, 0) is 11.4 Å². The molecule has 0 aliphatic carbocycles. The Morgan fingerprint density at radius 3 is 2.30 bits per heavy atom. The summed E-state index contributed by atoms with van der Waals surface area (Å²) >= 11 is 6.64. The van der Waals surface area contributed by atoms with Crippen LogP contribution in [-0.4, -0.2) is 18.9 Å². The Morgan fingerprint density at radius 1 is 1.00 bits per heavy atom. The molecule has 1 atom stereocenters. The van der Waals surface area contributed by atoms with Gasteiger partial charge in [0.05, 0.1) is 23.9 Å². The maximum Gasteiger partial charge on any atom is 0.320 e. The molecule has 0 saturated heterocycles. The highest BCUT2D eigenvalue weighted by Gasteiger charge is 2.33. The van der Waals surface area contributed by atoms with E-state index in [1.807, 2.05) is 60.7 Å². The zero-order chi connectivity index (χ0) is 23.4. The number of benzene rings is 3. The molecular formula is C26H23ClN2O4. The fourth-order valence-corrected chi connectivity index (χ4v) is 4.05. The Balaban J connectivity index is 1.75. The molecule has 0 unspecified atom stereocenters. The van der Waals surface area contributed by atoms with Crippen LogP contribution in [0.25, 0.3) is 5.70 Å². The van der Waals surface area contributed by atoms with E-state index in [-0.39, 0.29) is 5.78 Å². The number of methoxy groups -OCH3 is 1. The summed E-state index contributed by atoms with van der Waals surface area (Å²) in [5.41, 5.74) is 3.13. The molecule has 2 N–H and O–H groups in total. The smallest absolute Gasteiger partial charge is 0.320 e. The number of urea groups is 1. The number of halogens is 1. The van der Waals surface area contributed by atoms with Crippen molar-refractivity contribution in [1.29, 1.82) is 0 Å². The summed E-state index contributed by atoms with van der Waals surface area (Å²) in [7, 11) is 1.53. The van der Waals surface area contributed by atoms with E-state index in [0.717, 1.165) is 11.1 Å². The van der Waals surface area contributed by atoms with Crippen molar-refractivity contribution >= 4 is 29.1 Å². The van der Waals surface area contributed by atoms with Gasteiger partial charge in [0.2, 0.25) is 0 Å². The molecule has 0 fully saturated rings. The number of ketones is 1. The van der Waals surface area contributed by atoms with Gasteiger partial charge < -0.3 is 20.1 Å². The van der Waals surface area contributed by atoms with Gasteiger partial charge in [0, 0.05) is 17.2 Å². The molecule has 33 heavy (non-hydrogen) atoms. The number of carbonyl (C=O) groups is 2. The van der Waals surface area contributed by atoms with Crippen LogP contribution in [0.5, 0.6) is 11.5 Å². The summed E-state index contributed by atoms with van der Waals surface area (Å²) in [5.74, 6) is 0.722. The first-order chi connectivity index (χ1) is 16.0. The van der Waals surface area contributed by atoms with E-state index in [9.17, 15) is 9.59 Å². The van der Waals surface area contributed by atoms with Crippen LogP contribution in [0.2, 0.25) is 5.02 Å². The Bertz CT molecular complexity index is 1210. The fourth-order valence-electron chi connectivity index (χ4n) is 3.79. The number of amides is 2. The van der Waals surface area contributed by atoms with Gasteiger partial charge >= 0.3 is 6.03 Å². The normalized spacial score (nSPS) is 15.5. The van der Waals surface area contributed by atoms with Gasteiger partial charge in [-0.2, -0.15) is 0 Å². The number of carbonyl (C=O) groups excluding carboxylic acids is 2.